The molecule has 0 saturated carbocycles. The van der Waals surface area contributed by atoms with Crippen LogP contribution in [0.1, 0.15) is 16.7 Å². The van der Waals surface area contributed by atoms with Gasteiger partial charge in [0.25, 0.3) is 0 Å². The van der Waals surface area contributed by atoms with Crippen LogP contribution in [0.2, 0.25) is 0 Å². The minimum Gasteiger partial charge on any atom is -0.389 e. The average Bonchev–Trinajstić information content (AvgIpc) is 2.63. The Morgan fingerprint density at radius 1 is 0.750 bits per heavy atom. The molecule has 3 rings (SSSR count). The molecule has 0 spiro atoms. The summed E-state index contributed by atoms with van der Waals surface area (Å²) in [6.07, 6.45) is 0. The van der Waals surface area contributed by atoms with Crippen LogP contribution in [0.4, 0.5) is 0 Å². The largest absolute Gasteiger partial charge is 0.389 e. The minimum atomic E-state index is 0.417. The second-order valence-electron chi connectivity index (χ2n) is 5.59. The van der Waals surface area contributed by atoms with Crippen LogP contribution < -0.4 is 5.73 Å². The van der Waals surface area contributed by atoms with E-state index in [-0.39, 0.29) is 0 Å². The first-order valence-corrected chi connectivity index (χ1v) is 8.24. The van der Waals surface area contributed by atoms with Crippen LogP contribution in [0, 0.1) is 0 Å². The molecule has 24 heavy (non-hydrogen) atoms. The molecule has 0 aromatic heterocycles. The zero-order chi connectivity index (χ0) is 16.8. The van der Waals surface area contributed by atoms with Crippen molar-refractivity contribution in [2.75, 3.05) is 0 Å². The van der Waals surface area contributed by atoms with Gasteiger partial charge < -0.3 is 10.5 Å². The molecule has 2 N–H and O–H groups in total. The lowest BCUT2D eigenvalue weighted by Gasteiger charge is -2.09. The molecule has 0 aliphatic rings. The second kappa shape index (κ2) is 7.86. The fourth-order valence-corrected chi connectivity index (χ4v) is 2.77. The Balaban J connectivity index is 1.67. The van der Waals surface area contributed by atoms with Crippen molar-refractivity contribution < 1.29 is 4.74 Å². The highest BCUT2D eigenvalue weighted by Gasteiger charge is 2.06. The summed E-state index contributed by atoms with van der Waals surface area (Å²) in [7, 11) is 0. The summed E-state index contributed by atoms with van der Waals surface area (Å²) in [4.78, 5) is 0.417. The fourth-order valence-electron chi connectivity index (χ4n) is 2.59. The van der Waals surface area contributed by atoms with Crippen LogP contribution >= 0.6 is 12.2 Å². The van der Waals surface area contributed by atoms with Gasteiger partial charge in [-0.2, -0.15) is 0 Å². The lowest BCUT2D eigenvalue weighted by molar-refractivity contribution is 0.107. The predicted octanol–water partition coefficient (Wildman–Crippen LogP) is 4.70. The van der Waals surface area contributed by atoms with E-state index in [1.54, 1.807) is 0 Å². The summed E-state index contributed by atoms with van der Waals surface area (Å²) in [6.45, 7) is 1.21. The van der Waals surface area contributed by atoms with Gasteiger partial charge in [-0.3, -0.25) is 0 Å². The van der Waals surface area contributed by atoms with Gasteiger partial charge in [0.1, 0.15) is 4.99 Å². The van der Waals surface area contributed by atoms with E-state index in [1.165, 1.54) is 5.56 Å². The Bertz CT molecular complexity index is 813. The summed E-state index contributed by atoms with van der Waals surface area (Å²) in [5.41, 5.74) is 11.2. The summed E-state index contributed by atoms with van der Waals surface area (Å²) in [5.74, 6) is 0. The summed E-state index contributed by atoms with van der Waals surface area (Å²) >= 11 is 5.14. The van der Waals surface area contributed by atoms with Crippen LogP contribution in [-0.2, 0) is 18.0 Å². The highest BCUT2D eigenvalue weighted by Crippen LogP contribution is 2.24. The van der Waals surface area contributed by atoms with Crippen molar-refractivity contribution in [3.8, 4) is 11.1 Å². The maximum atomic E-state index is 5.81. The minimum absolute atomic E-state index is 0.417. The maximum Gasteiger partial charge on any atom is 0.104 e. The van der Waals surface area contributed by atoms with Gasteiger partial charge in [0.15, 0.2) is 0 Å². The number of benzene rings is 3. The highest BCUT2D eigenvalue weighted by atomic mass is 32.1. The van der Waals surface area contributed by atoms with Crippen LogP contribution in [0.5, 0.6) is 0 Å². The number of rotatable bonds is 6. The highest BCUT2D eigenvalue weighted by molar-refractivity contribution is 7.80. The van der Waals surface area contributed by atoms with Gasteiger partial charge in [0.2, 0.25) is 0 Å². The van der Waals surface area contributed by atoms with E-state index in [2.05, 4.69) is 36.4 Å². The normalized spacial score (nSPS) is 10.5. The molecule has 0 heterocycles. The maximum absolute atomic E-state index is 5.81. The van der Waals surface area contributed by atoms with Gasteiger partial charge in [-0.05, 0) is 22.3 Å². The molecule has 2 nitrogen and oxygen atoms in total. The molecular weight excluding hydrogens is 314 g/mol. The van der Waals surface area contributed by atoms with E-state index in [4.69, 9.17) is 22.7 Å². The predicted molar refractivity (Wildman–Crippen MR) is 103 cm³/mol. The quantitative estimate of drug-likeness (QED) is 0.664. The third kappa shape index (κ3) is 4.07. The van der Waals surface area contributed by atoms with Crippen molar-refractivity contribution in [3.63, 3.8) is 0 Å². The monoisotopic (exact) mass is 333 g/mol. The van der Waals surface area contributed by atoms with Gasteiger partial charge in [-0.1, -0.05) is 91.1 Å². The first kappa shape index (κ1) is 16.4. The summed E-state index contributed by atoms with van der Waals surface area (Å²) in [6, 6.07) is 26.4. The van der Waals surface area contributed by atoms with Crippen LogP contribution in [0.25, 0.3) is 11.1 Å². The molecule has 0 atom stereocenters. The SMILES string of the molecule is NC(=S)c1ccccc1-c1ccc(COCc2ccccc2)cc1. The van der Waals surface area contributed by atoms with Gasteiger partial charge in [-0.25, -0.2) is 0 Å². The van der Waals surface area contributed by atoms with Crippen molar-refractivity contribution in [1.29, 1.82) is 0 Å². The first-order valence-electron chi connectivity index (χ1n) is 7.84. The van der Waals surface area contributed by atoms with Crippen LogP contribution in [-0.4, -0.2) is 4.99 Å². The fraction of sp³-hybridized carbons (Fsp3) is 0.0952. The van der Waals surface area contributed by atoms with Crippen molar-refractivity contribution in [1.82, 2.24) is 0 Å². The zero-order valence-corrected chi connectivity index (χ0v) is 14.1. The molecule has 120 valence electrons. The van der Waals surface area contributed by atoms with E-state index < -0.39 is 0 Å². The molecule has 0 amide bonds. The number of ether oxygens (including phenoxy) is 1. The van der Waals surface area contributed by atoms with E-state index in [0.717, 1.165) is 22.3 Å². The molecular formula is C21H19NOS. The van der Waals surface area contributed by atoms with Crippen LogP contribution in [0.15, 0.2) is 78.9 Å². The van der Waals surface area contributed by atoms with Gasteiger partial charge in [0.05, 0.1) is 13.2 Å². The van der Waals surface area contributed by atoms with Gasteiger partial charge in [-0.15, -0.1) is 0 Å². The smallest absolute Gasteiger partial charge is 0.104 e. The lowest BCUT2D eigenvalue weighted by Crippen LogP contribution is -2.10. The third-order valence-electron chi connectivity index (χ3n) is 3.84. The van der Waals surface area contributed by atoms with E-state index in [0.29, 0.717) is 18.2 Å². The lowest BCUT2D eigenvalue weighted by atomic mass is 9.99. The molecule has 3 heteroatoms. The van der Waals surface area contributed by atoms with E-state index in [1.807, 2.05) is 42.5 Å². The third-order valence-corrected chi connectivity index (χ3v) is 4.06. The standard InChI is InChI=1S/C21H19NOS/c22-21(24)20-9-5-4-8-19(20)18-12-10-17(11-13-18)15-23-14-16-6-2-1-3-7-16/h1-13H,14-15H2,(H2,22,24). The molecule has 0 radical (unpaired) electrons. The Kier molecular flexibility index (Phi) is 5.36. The summed E-state index contributed by atoms with van der Waals surface area (Å²) in [5, 5.41) is 0. The number of hydrogen-bond acceptors (Lipinski definition) is 2. The number of hydrogen-bond donors (Lipinski definition) is 1. The molecule has 3 aromatic carbocycles. The zero-order valence-electron chi connectivity index (χ0n) is 13.3. The molecule has 0 aliphatic heterocycles. The Labute approximate surface area is 147 Å². The molecule has 0 bridgehead atoms. The van der Waals surface area contributed by atoms with E-state index in [9.17, 15) is 0 Å². The topological polar surface area (TPSA) is 35.2 Å². The van der Waals surface area contributed by atoms with Gasteiger partial charge in [0, 0.05) is 5.56 Å². The molecule has 3 aromatic rings. The summed E-state index contributed by atoms with van der Waals surface area (Å²) < 4.78 is 5.77. The van der Waals surface area contributed by atoms with Crippen molar-refractivity contribution >= 4 is 17.2 Å². The van der Waals surface area contributed by atoms with Crippen molar-refractivity contribution in [2.45, 2.75) is 13.2 Å². The number of thiocarbonyl (C=S) groups is 1. The Morgan fingerprint density at radius 2 is 1.33 bits per heavy atom. The Morgan fingerprint density at radius 3 is 2.00 bits per heavy atom. The molecule has 0 fully saturated rings. The van der Waals surface area contributed by atoms with Crippen molar-refractivity contribution in [2.24, 2.45) is 5.73 Å². The second-order valence-corrected chi connectivity index (χ2v) is 6.02. The number of nitrogens with two attached hydrogens (primary N) is 1. The van der Waals surface area contributed by atoms with Gasteiger partial charge >= 0.3 is 0 Å². The molecule has 0 unspecified atom stereocenters. The Hall–Kier alpha value is -2.49. The molecule has 0 saturated heterocycles. The van der Waals surface area contributed by atoms with E-state index >= 15 is 0 Å². The van der Waals surface area contributed by atoms with Crippen LogP contribution in [0.3, 0.4) is 0 Å². The first-order chi connectivity index (χ1) is 11.7. The molecule has 0 aliphatic carbocycles. The van der Waals surface area contributed by atoms with Crippen molar-refractivity contribution in [3.05, 3.63) is 95.6 Å². The average molecular weight is 333 g/mol.